The van der Waals surface area contributed by atoms with Gasteiger partial charge in [0.15, 0.2) is 17.1 Å². The molecule has 1 fully saturated rings. The predicted octanol–water partition coefficient (Wildman–Crippen LogP) is 3.45. The first-order valence-electron chi connectivity index (χ1n) is 12.5. The molecule has 7 nitrogen and oxygen atoms in total. The fraction of sp³-hybridized carbons (Fsp3) is 0.667. The van der Waals surface area contributed by atoms with E-state index in [2.05, 4.69) is 23.1 Å². The average molecular weight is 472 g/mol. The van der Waals surface area contributed by atoms with Gasteiger partial charge in [-0.15, -0.1) is 0 Å². The summed E-state index contributed by atoms with van der Waals surface area (Å²) in [4.78, 5) is 15.8. The molecule has 3 heterocycles. The number of esters is 1. The number of rotatable bonds is 6. The Morgan fingerprint density at radius 3 is 2.65 bits per heavy atom. The summed E-state index contributed by atoms with van der Waals surface area (Å²) in [6.45, 7) is 9.21. The highest BCUT2D eigenvalue weighted by molar-refractivity contribution is 5.79. The third-order valence-corrected chi connectivity index (χ3v) is 8.11. The quantitative estimate of drug-likeness (QED) is 0.485. The molecule has 186 valence electrons. The molecule has 4 atom stereocenters. The normalized spacial score (nSPS) is 29.5. The van der Waals surface area contributed by atoms with E-state index in [0.29, 0.717) is 12.8 Å². The second kappa shape index (κ2) is 8.25. The fourth-order valence-corrected chi connectivity index (χ4v) is 6.41. The third-order valence-electron chi connectivity index (χ3n) is 8.11. The summed E-state index contributed by atoms with van der Waals surface area (Å²) in [7, 11) is 0. The van der Waals surface area contributed by atoms with Crippen molar-refractivity contribution in [3.05, 3.63) is 34.9 Å². The first-order valence-corrected chi connectivity index (χ1v) is 12.5. The lowest BCUT2D eigenvalue weighted by atomic mass is 9.77. The van der Waals surface area contributed by atoms with Gasteiger partial charge >= 0.3 is 5.97 Å². The van der Waals surface area contributed by atoms with Crippen LogP contribution in [0.15, 0.2) is 23.8 Å². The largest absolute Gasteiger partial charge is 0.455 e. The number of hydrogen-bond donors (Lipinski definition) is 2. The molecule has 5 rings (SSSR count). The standard InChI is InChI=1S/C27H37NO6/c1-17-15-27-10-6-11-28(27)12-7-18-13-20-21(33-16-32-20)14-19(18)22(27)23(17)34-24(29)26(4,31)9-5-8-25(2,3)30/h13-15,22-23,30-31H,5-12,16H2,1-4H3/t22?,23-,26?,27+/m1/s1. The third kappa shape index (κ3) is 4.01. The zero-order valence-electron chi connectivity index (χ0n) is 20.7. The number of aliphatic hydroxyl groups is 2. The average Bonchev–Trinajstić information content (AvgIpc) is 3.41. The van der Waals surface area contributed by atoms with E-state index in [9.17, 15) is 15.0 Å². The van der Waals surface area contributed by atoms with E-state index >= 15 is 0 Å². The summed E-state index contributed by atoms with van der Waals surface area (Å²) in [5.41, 5.74) is 0.757. The van der Waals surface area contributed by atoms with Gasteiger partial charge in [0.2, 0.25) is 6.79 Å². The van der Waals surface area contributed by atoms with E-state index in [1.807, 2.05) is 6.92 Å². The van der Waals surface area contributed by atoms with Gasteiger partial charge in [0.25, 0.3) is 0 Å². The van der Waals surface area contributed by atoms with Gasteiger partial charge < -0.3 is 24.4 Å². The molecule has 2 unspecified atom stereocenters. The second-order valence-corrected chi connectivity index (χ2v) is 11.4. The zero-order valence-corrected chi connectivity index (χ0v) is 20.7. The summed E-state index contributed by atoms with van der Waals surface area (Å²) >= 11 is 0. The minimum absolute atomic E-state index is 0.0573. The Bertz CT molecular complexity index is 1010. The van der Waals surface area contributed by atoms with Crippen LogP contribution in [-0.2, 0) is 16.0 Å². The van der Waals surface area contributed by atoms with Crippen LogP contribution in [0.2, 0.25) is 0 Å². The van der Waals surface area contributed by atoms with Crippen molar-refractivity contribution >= 4 is 5.97 Å². The Labute approximate surface area is 201 Å². The monoisotopic (exact) mass is 471 g/mol. The van der Waals surface area contributed by atoms with Gasteiger partial charge in [-0.25, -0.2) is 4.79 Å². The summed E-state index contributed by atoms with van der Waals surface area (Å²) in [6.07, 6.45) is 6.15. The van der Waals surface area contributed by atoms with E-state index in [0.717, 1.165) is 55.0 Å². The number of ether oxygens (including phenoxy) is 3. The van der Waals surface area contributed by atoms with Crippen LogP contribution in [0.5, 0.6) is 11.5 Å². The van der Waals surface area contributed by atoms with Crippen molar-refractivity contribution in [3.63, 3.8) is 0 Å². The molecule has 0 aromatic heterocycles. The van der Waals surface area contributed by atoms with Crippen molar-refractivity contribution in [3.8, 4) is 11.5 Å². The number of carbonyl (C=O) groups excluding carboxylic acids is 1. The number of nitrogens with zero attached hydrogens (tertiary/aromatic N) is 1. The van der Waals surface area contributed by atoms with Gasteiger partial charge in [-0.2, -0.15) is 0 Å². The van der Waals surface area contributed by atoms with E-state index in [1.165, 1.54) is 12.5 Å². The number of benzene rings is 1. The Hall–Kier alpha value is -2.09. The van der Waals surface area contributed by atoms with Crippen molar-refractivity contribution in [2.24, 2.45) is 0 Å². The Balaban J connectivity index is 1.45. The van der Waals surface area contributed by atoms with Gasteiger partial charge in [-0.1, -0.05) is 6.08 Å². The molecule has 7 heteroatoms. The summed E-state index contributed by atoms with van der Waals surface area (Å²) in [6, 6.07) is 4.17. The van der Waals surface area contributed by atoms with Crippen LogP contribution in [0.1, 0.15) is 76.8 Å². The highest BCUT2D eigenvalue weighted by atomic mass is 16.7. The molecular formula is C27H37NO6. The molecule has 34 heavy (non-hydrogen) atoms. The van der Waals surface area contributed by atoms with E-state index in [-0.39, 0.29) is 24.7 Å². The maximum absolute atomic E-state index is 13.3. The van der Waals surface area contributed by atoms with Crippen LogP contribution in [0.3, 0.4) is 0 Å². The van der Waals surface area contributed by atoms with Crippen molar-refractivity contribution in [2.75, 3.05) is 19.9 Å². The SMILES string of the molecule is CC1=C[C@]23CCCN2CCc2cc4c(cc2C3[C@@H]1OC(=O)C(C)(O)CCCC(C)(C)O)OCO4. The zero-order chi connectivity index (χ0) is 24.3. The molecule has 4 aliphatic rings. The smallest absolute Gasteiger partial charge is 0.338 e. The van der Waals surface area contributed by atoms with Crippen LogP contribution in [-0.4, -0.2) is 63.8 Å². The Kier molecular flexibility index (Phi) is 5.73. The molecule has 1 aromatic carbocycles. The molecule has 3 aliphatic heterocycles. The fourth-order valence-electron chi connectivity index (χ4n) is 6.41. The predicted molar refractivity (Wildman–Crippen MR) is 127 cm³/mol. The van der Waals surface area contributed by atoms with Crippen molar-refractivity contribution in [2.45, 2.75) is 95.0 Å². The van der Waals surface area contributed by atoms with E-state index in [4.69, 9.17) is 14.2 Å². The minimum atomic E-state index is -1.61. The summed E-state index contributed by atoms with van der Waals surface area (Å²) in [5.74, 6) is 0.863. The van der Waals surface area contributed by atoms with Crippen LogP contribution < -0.4 is 9.47 Å². The van der Waals surface area contributed by atoms with Crippen LogP contribution in [0.25, 0.3) is 0 Å². The summed E-state index contributed by atoms with van der Waals surface area (Å²) in [5, 5.41) is 21.0. The number of hydrogen-bond acceptors (Lipinski definition) is 7. The first-order chi connectivity index (χ1) is 16.0. The first kappa shape index (κ1) is 23.6. The molecule has 2 N–H and O–H groups in total. The Morgan fingerprint density at radius 2 is 1.91 bits per heavy atom. The van der Waals surface area contributed by atoms with Gasteiger partial charge in [0.1, 0.15) is 6.10 Å². The van der Waals surface area contributed by atoms with Gasteiger partial charge in [0, 0.05) is 12.5 Å². The molecule has 1 aliphatic carbocycles. The second-order valence-electron chi connectivity index (χ2n) is 11.4. The van der Waals surface area contributed by atoms with Gasteiger partial charge in [0.05, 0.1) is 11.1 Å². The minimum Gasteiger partial charge on any atom is -0.455 e. The van der Waals surface area contributed by atoms with Gasteiger partial charge in [-0.05, 0) is 102 Å². The van der Waals surface area contributed by atoms with Crippen molar-refractivity contribution in [1.29, 1.82) is 0 Å². The number of carbonyl (C=O) groups is 1. The highest BCUT2D eigenvalue weighted by Gasteiger charge is 2.57. The molecule has 1 spiro atoms. The van der Waals surface area contributed by atoms with Crippen molar-refractivity contribution < 1.29 is 29.2 Å². The molecular weight excluding hydrogens is 434 g/mol. The number of fused-ring (bicyclic) bond motifs is 3. The van der Waals surface area contributed by atoms with Crippen molar-refractivity contribution in [1.82, 2.24) is 4.90 Å². The summed E-state index contributed by atoms with van der Waals surface area (Å²) < 4.78 is 17.5. The van der Waals surface area contributed by atoms with Crippen LogP contribution >= 0.6 is 0 Å². The maximum Gasteiger partial charge on any atom is 0.338 e. The topological polar surface area (TPSA) is 88.5 Å². The lowest BCUT2D eigenvalue weighted by molar-refractivity contribution is -0.170. The molecule has 0 amide bonds. The molecule has 1 saturated heterocycles. The van der Waals surface area contributed by atoms with Crippen LogP contribution in [0, 0.1) is 0 Å². The van der Waals surface area contributed by atoms with E-state index < -0.39 is 23.3 Å². The molecule has 0 bridgehead atoms. The lowest BCUT2D eigenvalue weighted by Crippen LogP contribution is -2.48. The molecule has 1 aromatic rings. The molecule has 0 saturated carbocycles. The van der Waals surface area contributed by atoms with Gasteiger partial charge in [-0.3, -0.25) is 4.90 Å². The van der Waals surface area contributed by atoms with Crippen LogP contribution in [0.4, 0.5) is 0 Å². The highest BCUT2D eigenvalue weighted by Crippen LogP contribution is 2.55. The molecule has 0 radical (unpaired) electrons. The Morgan fingerprint density at radius 1 is 1.18 bits per heavy atom. The lowest BCUT2D eigenvalue weighted by Gasteiger charge is -2.40. The maximum atomic E-state index is 13.3. The van der Waals surface area contributed by atoms with E-state index in [1.54, 1.807) is 13.8 Å².